The average Bonchev–Trinajstić information content (AvgIpc) is 3.22. The molecule has 0 unspecified atom stereocenters. The standard InChI is InChI=1S/C21H19ClN2O2S/c22-17-11-10-16(14-18(17)24-21(26)19-9-5-13-27-19)20(25)23-12-4-8-15-6-2-1-3-7-15/h1-3,5-7,9-11,13-14H,4,8,12H2,(H,23,25)(H,24,26). The molecule has 3 rings (SSSR count). The fraction of sp³-hybridized carbons (Fsp3) is 0.143. The number of carbonyl (C=O) groups excluding carboxylic acids is 2. The zero-order valence-electron chi connectivity index (χ0n) is 14.6. The summed E-state index contributed by atoms with van der Waals surface area (Å²) in [7, 11) is 0. The van der Waals surface area contributed by atoms with Gasteiger partial charge in [0.25, 0.3) is 11.8 Å². The molecule has 2 amide bonds. The first kappa shape index (κ1) is 19.1. The second-order valence-corrected chi connectivity index (χ2v) is 7.33. The third kappa shape index (κ3) is 5.42. The zero-order chi connectivity index (χ0) is 19.1. The molecule has 0 atom stereocenters. The Balaban J connectivity index is 1.56. The van der Waals surface area contributed by atoms with E-state index in [2.05, 4.69) is 22.8 Å². The molecule has 0 saturated heterocycles. The van der Waals surface area contributed by atoms with Crippen LogP contribution in [0.1, 0.15) is 32.0 Å². The highest BCUT2D eigenvalue weighted by Crippen LogP contribution is 2.24. The Labute approximate surface area is 167 Å². The van der Waals surface area contributed by atoms with Crippen molar-refractivity contribution < 1.29 is 9.59 Å². The Morgan fingerprint density at radius 1 is 0.963 bits per heavy atom. The van der Waals surface area contributed by atoms with Crippen molar-refractivity contribution >= 4 is 40.4 Å². The minimum atomic E-state index is -0.243. The monoisotopic (exact) mass is 398 g/mol. The number of aryl methyl sites for hydroxylation is 1. The van der Waals surface area contributed by atoms with Crippen molar-refractivity contribution in [3.8, 4) is 0 Å². The van der Waals surface area contributed by atoms with Gasteiger partial charge >= 0.3 is 0 Å². The molecule has 4 nitrogen and oxygen atoms in total. The maximum absolute atomic E-state index is 12.4. The molecule has 0 radical (unpaired) electrons. The molecule has 1 aromatic heterocycles. The first-order chi connectivity index (χ1) is 13.1. The van der Waals surface area contributed by atoms with Crippen molar-refractivity contribution in [2.24, 2.45) is 0 Å². The van der Waals surface area contributed by atoms with Crippen molar-refractivity contribution in [1.29, 1.82) is 0 Å². The van der Waals surface area contributed by atoms with Gasteiger partial charge in [0.2, 0.25) is 0 Å². The number of hydrogen-bond acceptors (Lipinski definition) is 3. The number of amides is 2. The Hall–Kier alpha value is -2.63. The number of carbonyl (C=O) groups is 2. The number of anilines is 1. The Morgan fingerprint density at radius 2 is 1.78 bits per heavy atom. The Bertz CT molecular complexity index is 911. The van der Waals surface area contributed by atoms with E-state index in [-0.39, 0.29) is 11.8 Å². The predicted molar refractivity (Wildman–Crippen MR) is 111 cm³/mol. The number of hydrogen-bond donors (Lipinski definition) is 2. The van der Waals surface area contributed by atoms with E-state index >= 15 is 0 Å². The predicted octanol–water partition coefficient (Wildman–Crippen LogP) is 5.02. The molecule has 2 aromatic carbocycles. The van der Waals surface area contributed by atoms with E-state index < -0.39 is 0 Å². The van der Waals surface area contributed by atoms with Crippen LogP contribution in [-0.4, -0.2) is 18.4 Å². The molecule has 0 fully saturated rings. The van der Waals surface area contributed by atoms with Gasteiger partial charge in [-0.2, -0.15) is 0 Å². The molecule has 3 aromatic rings. The molecule has 0 aliphatic carbocycles. The van der Waals surface area contributed by atoms with Crippen LogP contribution in [0.3, 0.4) is 0 Å². The van der Waals surface area contributed by atoms with E-state index in [1.807, 2.05) is 23.6 Å². The molecule has 0 bridgehead atoms. The highest BCUT2D eigenvalue weighted by Gasteiger charge is 2.12. The number of thiophene rings is 1. The first-order valence-electron chi connectivity index (χ1n) is 8.60. The lowest BCUT2D eigenvalue weighted by Crippen LogP contribution is -2.25. The summed E-state index contributed by atoms with van der Waals surface area (Å²) in [4.78, 5) is 25.1. The van der Waals surface area contributed by atoms with Crippen LogP contribution in [0.15, 0.2) is 66.0 Å². The van der Waals surface area contributed by atoms with Crippen LogP contribution in [0.5, 0.6) is 0 Å². The van der Waals surface area contributed by atoms with Gasteiger partial charge in [-0.15, -0.1) is 11.3 Å². The number of benzene rings is 2. The lowest BCUT2D eigenvalue weighted by Gasteiger charge is -2.10. The summed E-state index contributed by atoms with van der Waals surface area (Å²) in [6.45, 7) is 0.577. The second kappa shape index (κ2) is 9.35. The normalized spacial score (nSPS) is 10.4. The molecular weight excluding hydrogens is 380 g/mol. The lowest BCUT2D eigenvalue weighted by atomic mass is 10.1. The summed E-state index contributed by atoms with van der Waals surface area (Å²) in [6.07, 6.45) is 1.76. The van der Waals surface area contributed by atoms with Crippen molar-refractivity contribution in [2.45, 2.75) is 12.8 Å². The molecule has 0 saturated carbocycles. The van der Waals surface area contributed by atoms with Crippen molar-refractivity contribution in [3.05, 3.63) is 87.1 Å². The maximum atomic E-state index is 12.4. The van der Waals surface area contributed by atoms with Gasteiger partial charge in [-0.3, -0.25) is 9.59 Å². The van der Waals surface area contributed by atoms with Gasteiger partial charge in [-0.05, 0) is 48.1 Å². The summed E-state index contributed by atoms with van der Waals surface area (Å²) in [5, 5.41) is 7.88. The SMILES string of the molecule is O=C(NCCCc1ccccc1)c1ccc(Cl)c(NC(=O)c2cccs2)c1. The zero-order valence-corrected chi connectivity index (χ0v) is 16.1. The summed E-state index contributed by atoms with van der Waals surface area (Å²) in [6, 6.07) is 18.5. The van der Waals surface area contributed by atoms with Gasteiger partial charge < -0.3 is 10.6 Å². The highest BCUT2D eigenvalue weighted by atomic mass is 35.5. The molecule has 2 N–H and O–H groups in total. The lowest BCUT2D eigenvalue weighted by molar-refractivity contribution is 0.0952. The van der Waals surface area contributed by atoms with E-state index in [1.165, 1.54) is 16.9 Å². The van der Waals surface area contributed by atoms with Crippen LogP contribution in [0.2, 0.25) is 5.02 Å². The largest absolute Gasteiger partial charge is 0.352 e. The molecule has 1 heterocycles. The highest BCUT2D eigenvalue weighted by molar-refractivity contribution is 7.12. The van der Waals surface area contributed by atoms with Crippen LogP contribution in [-0.2, 0) is 6.42 Å². The third-order valence-electron chi connectivity index (χ3n) is 3.99. The smallest absolute Gasteiger partial charge is 0.265 e. The van der Waals surface area contributed by atoms with Crippen molar-refractivity contribution in [1.82, 2.24) is 5.32 Å². The number of rotatable bonds is 7. The minimum absolute atomic E-state index is 0.189. The van der Waals surface area contributed by atoms with Crippen LogP contribution < -0.4 is 10.6 Å². The molecule has 0 aliphatic rings. The fourth-order valence-electron chi connectivity index (χ4n) is 2.60. The third-order valence-corrected chi connectivity index (χ3v) is 5.19. The van der Waals surface area contributed by atoms with Gasteiger partial charge in [0.15, 0.2) is 0 Å². The number of halogens is 1. The van der Waals surface area contributed by atoms with Gasteiger partial charge in [0.1, 0.15) is 0 Å². The summed E-state index contributed by atoms with van der Waals surface area (Å²) >= 11 is 7.50. The van der Waals surface area contributed by atoms with E-state index in [4.69, 9.17) is 11.6 Å². The summed E-state index contributed by atoms with van der Waals surface area (Å²) in [5.41, 5.74) is 2.13. The topological polar surface area (TPSA) is 58.2 Å². The minimum Gasteiger partial charge on any atom is -0.352 e. The molecule has 6 heteroatoms. The molecule has 0 aliphatic heterocycles. The van der Waals surface area contributed by atoms with E-state index in [1.54, 1.807) is 30.3 Å². The van der Waals surface area contributed by atoms with E-state index in [0.29, 0.717) is 27.7 Å². The maximum Gasteiger partial charge on any atom is 0.265 e. The Kier molecular flexibility index (Phi) is 6.63. The molecule has 138 valence electrons. The van der Waals surface area contributed by atoms with Crippen molar-refractivity contribution in [3.63, 3.8) is 0 Å². The number of nitrogens with one attached hydrogen (secondary N) is 2. The van der Waals surface area contributed by atoms with Gasteiger partial charge in [0.05, 0.1) is 15.6 Å². The van der Waals surface area contributed by atoms with E-state index in [9.17, 15) is 9.59 Å². The first-order valence-corrected chi connectivity index (χ1v) is 9.86. The quantitative estimate of drug-likeness (QED) is 0.549. The molecule has 0 spiro atoms. The Morgan fingerprint density at radius 3 is 2.52 bits per heavy atom. The van der Waals surface area contributed by atoms with Crippen LogP contribution in [0.4, 0.5) is 5.69 Å². The van der Waals surface area contributed by atoms with Crippen LogP contribution in [0, 0.1) is 0 Å². The summed E-state index contributed by atoms with van der Waals surface area (Å²) < 4.78 is 0. The van der Waals surface area contributed by atoms with Gasteiger partial charge in [0, 0.05) is 12.1 Å². The fourth-order valence-corrected chi connectivity index (χ4v) is 3.38. The van der Waals surface area contributed by atoms with Gasteiger partial charge in [-0.25, -0.2) is 0 Å². The molecular formula is C21H19ClN2O2S. The van der Waals surface area contributed by atoms with Gasteiger partial charge in [-0.1, -0.05) is 48.0 Å². The average molecular weight is 399 g/mol. The van der Waals surface area contributed by atoms with Crippen LogP contribution in [0.25, 0.3) is 0 Å². The van der Waals surface area contributed by atoms with Crippen molar-refractivity contribution in [2.75, 3.05) is 11.9 Å². The second-order valence-electron chi connectivity index (χ2n) is 5.97. The van der Waals surface area contributed by atoms with E-state index in [0.717, 1.165) is 12.8 Å². The molecule has 27 heavy (non-hydrogen) atoms. The summed E-state index contributed by atoms with van der Waals surface area (Å²) in [5.74, 6) is -0.432. The van der Waals surface area contributed by atoms with Crippen LogP contribution >= 0.6 is 22.9 Å².